The van der Waals surface area contributed by atoms with Crippen molar-refractivity contribution < 1.29 is 14.1 Å². The third-order valence-corrected chi connectivity index (χ3v) is 9.81. The average molecular weight is 582 g/mol. The van der Waals surface area contributed by atoms with E-state index >= 15 is 0 Å². The lowest BCUT2D eigenvalue weighted by Crippen LogP contribution is -2.36. The van der Waals surface area contributed by atoms with Gasteiger partial charge < -0.3 is 10.0 Å². The van der Waals surface area contributed by atoms with Crippen molar-refractivity contribution in [3.63, 3.8) is 0 Å². The lowest BCUT2D eigenvalue weighted by molar-refractivity contribution is 0.0728. The first kappa shape index (κ1) is 28.3. The number of aromatic nitrogens is 3. The molecular formula is C33H35N5O3S. The van der Waals surface area contributed by atoms with E-state index in [9.17, 15) is 14.1 Å². The fourth-order valence-electron chi connectivity index (χ4n) is 5.92. The molecule has 0 saturated carbocycles. The minimum Gasteiger partial charge on any atom is -0.396 e. The Bertz CT molecular complexity index is 1650. The zero-order chi connectivity index (χ0) is 29.4. The van der Waals surface area contributed by atoms with Crippen LogP contribution in [-0.4, -0.2) is 57.3 Å². The molecule has 2 atom stereocenters. The predicted octanol–water partition coefficient (Wildman–Crippen LogP) is 5.11. The maximum absolute atomic E-state index is 14.0. The number of fused-ring (bicyclic) bond motifs is 2. The molecule has 2 aliphatic rings. The van der Waals surface area contributed by atoms with E-state index in [1.807, 2.05) is 72.4 Å². The van der Waals surface area contributed by atoms with Crippen molar-refractivity contribution in [2.24, 2.45) is 0 Å². The molecule has 0 radical (unpaired) electrons. The minimum atomic E-state index is -1.33. The van der Waals surface area contributed by atoms with Gasteiger partial charge in [-0.15, -0.1) is 0 Å². The Hall–Kier alpha value is -3.79. The highest BCUT2D eigenvalue weighted by Gasteiger charge is 2.40. The zero-order valence-corrected chi connectivity index (χ0v) is 25.0. The van der Waals surface area contributed by atoms with Crippen LogP contribution in [0.4, 0.5) is 0 Å². The standard InChI is InChI=1S/C33H35N5O3S/c1-33(2,3)42(41)38-20-26-16-28(32(40)37-13-11-22-7-4-5-8-25(22)19-37)36-31(30(26)29(38)12-14-39)24-10-6-9-23(15-24)27-17-34-21-35-18-27/h4-10,15-18,21,29,39H,11-14,19-20H2,1-3H3/t29-,42-/m1/s1. The summed E-state index contributed by atoms with van der Waals surface area (Å²) >= 11 is 0. The lowest BCUT2D eigenvalue weighted by Gasteiger charge is -2.30. The molecule has 42 heavy (non-hydrogen) atoms. The van der Waals surface area contributed by atoms with E-state index in [4.69, 9.17) is 4.98 Å². The Kier molecular flexibility index (Phi) is 7.74. The Labute approximate surface area is 249 Å². The van der Waals surface area contributed by atoms with E-state index in [-0.39, 0.29) is 18.6 Å². The van der Waals surface area contributed by atoms with Crippen LogP contribution in [-0.2, 0) is 30.5 Å². The largest absolute Gasteiger partial charge is 0.396 e. The van der Waals surface area contributed by atoms with Gasteiger partial charge in [0.05, 0.1) is 16.5 Å². The maximum Gasteiger partial charge on any atom is 0.272 e. The fraction of sp³-hybridized carbons (Fsp3) is 0.333. The molecule has 4 aromatic rings. The predicted molar refractivity (Wildman–Crippen MR) is 163 cm³/mol. The van der Waals surface area contributed by atoms with Gasteiger partial charge in [0.2, 0.25) is 0 Å². The summed E-state index contributed by atoms with van der Waals surface area (Å²) in [6.45, 7) is 7.38. The first-order valence-electron chi connectivity index (χ1n) is 14.3. The number of carbonyl (C=O) groups excluding carboxylic acids is 1. The van der Waals surface area contributed by atoms with E-state index in [1.54, 1.807) is 12.4 Å². The van der Waals surface area contributed by atoms with E-state index in [0.29, 0.717) is 37.4 Å². The van der Waals surface area contributed by atoms with Crippen LogP contribution in [0, 0.1) is 0 Å². The highest BCUT2D eigenvalue weighted by molar-refractivity contribution is 7.84. The molecule has 0 bridgehead atoms. The summed E-state index contributed by atoms with van der Waals surface area (Å²) in [5, 5.41) is 10.1. The van der Waals surface area contributed by atoms with E-state index in [0.717, 1.165) is 39.8 Å². The van der Waals surface area contributed by atoms with Crippen molar-refractivity contribution in [1.82, 2.24) is 24.2 Å². The van der Waals surface area contributed by atoms with E-state index < -0.39 is 15.7 Å². The minimum absolute atomic E-state index is 0.0589. The topological polar surface area (TPSA) is 99.5 Å². The van der Waals surface area contributed by atoms with Gasteiger partial charge in [0.1, 0.15) is 23.0 Å². The number of hydrogen-bond donors (Lipinski definition) is 1. The number of carbonyl (C=O) groups is 1. The molecule has 0 saturated heterocycles. The molecular weight excluding hydrogens is 546 g/mol. The van der Waals surface area contributed by atoms with Crippen LogP contribution >= 0.6 is 0 Å². The number of pyridine rings is 1. The number of amides is 1. The second-order valence-electron chi connectivity index (χ2n) is 11.8. The molecule has 0 unspecified atom stereocenters. The molecule has 0 aliphatic carbocycles. The van der Waals surface area contributed by atoms with Gasteiger partial charge in [-0.25, -0.2) is 23.5 Å². The summed E-state index contributed by atoms with van der Waals surface area (Å²) in [7, 11) is -1.33. The summed E-state index contributed by atoms with van der Waals surface area (Å²) in [6, 6.07) is 17.8. The van der Waals surface area contributed by atoms with Crippen LogP contribution in [0.15, 0.2) is 73.3 Å². The molecule has 0 fully saturated rings. The van der Waals surface area contributed by atoms with Crippen molar-refractivity contribution in [3.8, 4) is 22.4 Å². The molecule has 4 heterocycles. The molecule has 2 aromatic heterocycles. The van der Waals surface area contributed by atoms with Crippen molar-refractivity contribution in [3.05, 3.63) is 101 Å². The van der Waals surface area contributed by atoms with Gasteiger partial charge in [0.15, 0.2) is 0 Å². The van der Waals surface area contributed by atoms with Crippen LogP contribution in [0.1, 0.15) is 66.0 Å². The van der Waals surface area contributed by atoms with Crippen LogP contribution in [0.3, 0.4) is 0 Å². The Morgan fingerprint density at radius 3 is 2.43 bits per heavy atom. The molecule has 216 valence electrons. The number of aliphatic hydroxyl groups excluding tert-OH is 1. The van der Waals surface area contributed by atoms with Crippen molar-refractivity contribution in [1.29, 1.82) is 0 Å². The second kappa shape index (κ2) is 11.5. The Morgan fingerprint density at radius 2 is 1.69 bits per heavy atom. The highest BCUT2D eigenvalue weighted by atomic mass is 32.2. The molecule has 0 spiro atoms. The van der Waals surface area contributed by atoms with Crippen LogP contribution < -0.4 is 0 Å². The summed E-state index contributed by atoms with van der Waals surface area (Å²) in [6.07, 6.45) is 6.24. The molecule has 9 heteroatoms. The normalized spacial score (nSPS) is 17.5. The smallest absolute Gasteiger partial charge is 0.272 e. The van der Waals surface area contributed by atoms with Gasteiger partial charge in [-0.05, 0) is 68.0 Å². The quantitative estimate of drug-likeness (QED) is 0.340. The molecule has 1 N–H and O–H groups in total. The number of benzene rings is 2. The van der Waals surface area contributed by atoms with Crippen LogP contribution in [0.25, 0.3) is 22.4 Å². The average Bonchev–Trinajstić information content (AvgIpc) is 3.37. The van der Waals surface area contributed by atoms with Gasteiger partial charge >= 0.3 is 0 Å². The van der Waals surface area contributed by atoms with Gasteiger partial charge in [-0.2, -0.15) is 0 Å². The monoisotopic (exact) mass is 581 g/mol. The fourth-order valence-corrected chi connectivity index (χ4v) is 7.33. The van der Waals surface area contributed by atoms with Crippen LogP contribution in [0.2, 0.25) is 0 Å². The molecule has 1 amide bonds. The third-order valence-electron chi connectivity index (χ3n) is 7.96. The SMILES string of the molecule is CC(C)(C)[S@@](=O)N1Cc2cc(C(=O)N3CCc4ccccc4C3)nc(-c3cccc(-c4cncnc4)c3)c2[C@H]1CCO. The summed E-state index contributed by atoms with van der Waals surface area (Å²) < 4.78 is 15.2. The molecule has 2 aliphatic heterocycles. The summed E-state index contributed by atoms with van der Waals surface area (Å²) in [5.41, 5.74) is 7.98. The number of hydrogen-bond acceptors (Lipinski definition) is 6. The van der Waals surface area contributed by atoms with Gasteiger partial charge in [0.25, 0.3) is 5.91 Å². The first-order valence-corrected chi connectivity index (χ1v) is 15.4. The van der Waals surface area contributed by atoms with Gasteiger partial charge in [0, 0.05) is 55.3 Å². The highest BCUT2D eigenvalue weighted by Crippen LogP contribution is 2.44. The van der Waals surface area contributed by atoms with Gasteiger partial charge in [-0.3, -0.25) is 4.79 Å². The van der Waals surface area contributed by atoms with Crippen molar-refractivity contribution >= 4 is 16.9 Å². The van der Waals surface area contributed by atoms with Gasteiger partial charge in [-0.1, -0.05) is 42.5 Å². The van der Waals surface area contributed by atoms with E-state index in [2.05, 4.69) is 22.1 Å². The second-order valence-corrected chi connectivity index (χ2v) is 14.0. The Morgan fingerprint density at radius 1 is 0.952 bits per heavy atom. The van der Waals surface area contributed by atoms with Crippen molar-refractivity contribution in [2.45, 2.75) is 57.5 Å². The van der Waals surface area contributed by atoms with Crippen molar-refractivity contribution in [2.75, 3.05) is 13.2 Å². The third kappa shape index (κ3) is 5.40. The number of nitrogens with zero attached hydrogens (tertiary/aromatic N) is 5. The van der Waals surface area contributed by atoms with Crippen LogP contribution in [0.5, 0.6) is 0 Å². The molecule has 6 rings (SSSR count). The zero-order valence-electron chi connectivity index (χ0n) is 24.2. The number of rotatable bonds is 6. The summed E-state index contributed by atoms with van der Waals surface area (Å²) in [4.78, 5) is 29.2. The Balaban J connectivity index is 1.47. The molecule has 2 aromatic carbocycles. The lowest BCUT2D eigenvalue weighted by atomic mass is 9.94. The number of aliphatic hydroxyl groups is 1. The molecule has 8 nitrogen and oxygen atoms in total. The maximum atomic E-state index is 14.0. The summed E-state index contributed by atoms with van der Waals surface area (Å²) in [5.74, 6) is -0.115. The van der Waals surface area contributed by atoms with E-state index in [1.165, 1.54) is 11.9 Å². The first-order chi connectivity index (χ1) is 20.2.